The van der Waals surface area contributed by atoms with Gasteiger partial charge in [0.15, 0.2) is 0 Å². The van der Waals surface area contributed by atoms with Crippen molar-refractivity contribution in [3.63, 3.8) is 0 Å². The largest absolute Gasteiger partial charge is 0.453 e. The molecule has 2 amide bonds. The second-order valence-electron chi connectivity index (χ2n) is 9.09. The van der Waals surface area contributed by atoms with Gasteiger partial charge in [0.05, 0.1) is 7.11 Å². The van der Waals surface area contributed by atoms with E-state index in [1.165, 1.54) is 23.1 Å². The van der Waals surface area contributed by atoms with E-state index in [4.69, 9.17) is 4.74 Å². The van der Waals surface area contributed by atoms with Crippen molar-refractivity contribution < 1.29 is 14.3 Å². The Morgan fingerprint density at radius 1 is 0.946 bits per heavy atom. The maximum absolute atomic E-state index is 12.9. The molecule has 1 N–H and O–H groups in total. The number of methoxy groups -OCH3 is 1. The van der Waals surface area contributed by atoms with Crippen molar-refractivity contribution in [1.29, 1.82) is 0 Å². The van der Waals surface area contributed by atoms with Crippen molar-refractivity contribution in [1.82, 2.24) is 9.80 Å². The average Bonchev–Trinajstić information content (AvgIpc) is 3.44. The van der Waals surface area contributed by atoms with Gasteiger partial charge in [-0.1, -0.05) is 35.9 Å². The van der Waals surface area contributed by atoms with Crippen LogP contribution in [0.25, 0.3) is 5.57 Å². The van der Waals surface area contributed by atoms with Gasteiger partial charge >= 0.3 is 6.09 Å². The van der Waals surface area contributed by atoms with Crippen molar-refractivity contribution in [3.8, 4) is 0 Å². The summed E-state index contributed by atoms with van der Waals surface area (Å²) in [5.74, 6) is 0.0527. The van der Waals surface area contributed by atoms with E-state index in [0.29, 0.717) is 24.3 Å². The molecule has 0 saturated carbocycles. The smallest absolute Gasteiger partial charge is 0.411 e. The molecule has 6 nitrogen and oxygen atoms in total. The van der Waals surface area contributed by atoms with Gasteiger partial charge in [-0.2, -0.15) is 0 Å². The van der Waals surface area contributed by atoms with E-state index < -0.39 is 6.09 Å². The zero-order valence-corrected chi connectivity index (χ0v) is 22.6. The van der Waals surface area contributed by atoms with E-state index in [0.717, 1.165) is 43.6 Å². The molecular formula is C30H35N3O3S. The molecule has 194 valence electrons. The Hall–Kier alpha value is -3.42. The van der Waals surface area contributed by atoms with Crippen LogP contribution < -0.4 is 5.32 Å². The predicted octanol–water partition coefficient (Wildman–Crippen LogP) is 6.51. The standard InChI is InChI=1S/C30H35N3O3S/c1-4-33(5-2)29(34)24-13-11-22(12-14-24)28(25-8-6-9-26(20-25)31-30(35)36-3)23-15-17-32(18-16-23)21-27-10-7-19-37-27/h6-14,19-20H,4-5,15-18,21H2,1-3H3,(H,31,35). The van der Waals surface area contributed by atoms with Gasteiger partial charge in [0.2, 0.25) is 0 Å². The number of hydrogen-bond acceptors (Lipinski definition) is 5. The first-order chi connectivity index (χ1) is 18.0. The molecule has 0 radical (unpaired) electrons. The van der Waals surface area contributed by atoms with Gasteiger partial charge in [-0.05, 0) is 79.1 Å². The summed E-state index contributed by atoms with van der Waals surface area (Å²) in [7, 11) is 1.36. The number of piperidine rings is 1. The van der Waals surface area contributed by atoms with Crippen molar-refractivity contribution in [2.75, 3.05) is 38.6 Å². The third kappa shape index (κ3) is 6.67. The van der Waals surface area contributed by atoms with Crippen molar-refractivity contribution in [2.24, 2.45) is 0 Å². The van der Waals surface area contributed by atoms with E-state index in [1.807, 2.05) is 49.1 Å². The van der Waals surface area contributed by atoms with Crippen molar-refractivity contribution >= 4 is 34.6 Å². The number of thiophene rings is 1. The zero-order chi connectivity index (χ0) is 26.2. The Kier molecular flexibility index (Phi) is 9.14. The lowest BCUT2D eigenvalue weighted by molar-refractivity contribution is 0.0773. The Morgan fingerprint density at radius 3 is 2.27 bits per heavy atom. The number of hydrogen-bond donors (Lipinski definition) is 1. The Bertz CT molecular complexity index is 1220. The number of carbonyl (C=O) groups is 2. The molecule has 3 aromatic rings. The minimum absolute atomic E-state index is 0.0527. The number of benzene rings is 2. The first-order valence-corrected chi connectivity index (χ1v) is 13.7. The first kappa shape index (κ1) is 26.6. The van der Waals surface area contributed by atoms with Gasteiger partial charge in [0.25, 0.3) is 5.91 Å². The molecule has 0 atom stereocenters. The van der Waals surface area contributed by atoms with Crippen LogP contribution in [-0.4, -0.2) is 55.1 Å². The van der Waals surface area contributed by atoms with E-state index in [2.05, 4.69) is 45.9 Å². The highest BCUT2D eigenvalue weighted by Crippen LogP contribution is 2.34. The van der Waals surface area contributed by atoms with Crippen LogP contribution >= 0.6 is 11.3 Å². The third-order valence-electron chi connectivity index (χ3n) is 6.83. The number of nitrogens with zero attached hydrogens (tertiary/aromatic N) is 2. The van der Waals surface area contributed by atoms with E-state index in [-0.39, 0.29) is 5.91 Å². The summed E-state index contributed by atoms with van der Waals surface area (Å²) in [5, 5.41) is 4.91. The SMILES string of the molecule is CCN(CC)C(=O)c1ccc(C(=C2CCN(Cc3cccs3)CC2)c2cccc(NC(=O)OC)c2)cc1. The summed E-state index contributed by atoms with van der Waals surface area (Å²) in [5.41, 5.74) is 6.06. The number of amides is 2. The minimum Gasteiger partial charge on any atom is -0.453 e. The van der Waals surface area contributed by atoms with Gasteiger partial charge in [-0.15, -0.1) is 11.3 Å². The molecule has 1 fully saturated rings. The van der Waals surface area contributed by atoms with Gasteiger partial charge < -0.3 is 9.64 Å². The monoisotopic (exact) mass is 517 g/mol. The fraction of sp³-hybridized carbons (Fsp3) is 0.333. The number of nitrogens with one attached hydrogen (secondary N) is 1. The van der Waals surface area contributed by atoms with E-state index >= 15 is 0 Å². The molecule has 1 aliphatic rings. The number of carbonyl (C=O) groups excluding carboxylic acids is 2. The molecule has 4 rings (SSSR count). The fourth-order valence-corrected chi connectivity index (χ4v) is 5.57. The molecule has 37 heavy (non-hydrogen) atoms. The molecule has 2 heterocycles. The van der Waals surface area contributed by atoms with Crippen LogP contribution in [0, 0.1) is 0 Å². The van der Waals surface area contributed by atoms with E-state index in [1.54, 1.807) is 11.3 Å². The molecule has 0 spiro atoms. The minimum atomic E-state index is -0.493. The summed E-state index contributed by atoms with van der Waals surface area (Å²) in [6.45, 7) is 8.35. The highest BCUT2D eigenvalue weighted by Gasteiger charge is 2.21. The molecule has 2 aromatic carbocycles. The van der Waals surface area contributed by atoms with Crippen LogP contribution in [0.5, 0.6) is 0 Å². The number of likely N-dealkylation sites (tertiary alicyclic amines) is 1. The highest BCUT2D eigenvalue weighted by molar-refractivity contribution is 7.09. The number of anilines is 1. The maximum atomic E-state index is 12.9. The molecule has 7 heteroatoms. The Balaban J connectivity index is 1.65. The number of rotatable bonds is 8. The van der Waals surface area contributed by atoms with Crippen LogP contribution in [0.3, 0.4) is 0 Å². The van der Waals surface area contributed by atoms with E-state index in [9.17, 15) is 9.59 Å². The summed E-state index contributed by atoms with van der Waals surface area (Å²) in [6, 6.07) is 20.2. The molecular weight excluding hydrogens is 482 g/mol. The molecule has 0 aliphatic carbocycles. The second kappa shape index (κ2) is 12.7. The predicted molar refractivity (Wildman–Crippen MR) is 151 cm³/mol. The summed E-state index contributed by atoms with van der Waals surface area (Å²) < 4.78 is 4.78. The quantitative estimate of drug-likeness (QED) is 0.370. The average molecular weight is 518 g/mol. The zero-order valence-electron chi connectivity index (χ0n) is 21.8. The third-order valence-corrected chi connectivity index (χ3v) is 7.69. The Labute approximate surface area is 223 Å². The van der Waals surface area contributed by atoms with Gasteiger partial charge in [0.1, 0.15) is 0 Å². The van der Waals surface area contributed by atoms with Gasteiger partial charge in [-0.25, -0.2) is 4.79 Å². The normalized spacial score (nSPS) is 13.8. The Morgan fingerprint density at radius 2 is 1.65 bits per heavy atom. The second-order valence-corrected chi connectivity index (χ2v) is 10.1. The summed E-state index contributed by atoms with van der Waals surface area (Å²) in [6.07, 6.45) is 1.44. The highest BCUT2D eigenvalue weighted by atomic mass is 32.1. The molecule has 0 bridgehead atoms. The lowest BCUT2D eigenvalue weighted by atomic mass is 9.87. The van der Waals surface area contributed by atoms with Crippen LogP contribution in [0.2, 0.25) is 0 Å². The fourth-order valence-electron chi connectivity index (χ4n) is 4.82. The molecule has 1 aliphatic heterocycles. The van der Waals surface area contributed by atoms with Crippen molar-refractivity contribution in [2.45, 2.75) is 33.2 Å². The van der Waals surface area contributed by atoms with Crippen LogP contribution in [0.4, 0.5) is 10.5 Å². The van der Waals surface area contributed by atoms with Gasteiger partial charge in [-0.3, -0.25) is 15.0 Å². The lowest BCUT2D eigenvalue weighted by Gasteiger charge is -2.30. The maximum Gasteiger partial charge on any atom is 0.411 e. The first-order valence-electron chi connectivity index (χ1n) is 12.8. The summed E-state index contributed by atoms with van der Waals surface area (Å²) in [4.78, 5) is 30.4. The molecule has 1 saturated heterocycles. The molecule has 0 unspecified atom stereocenters. The van der Waals surface area contributed by atoms with Gasteiger partial charge in [0, 0.05) is 48.9 Å². The molecule has 1 aromatic heterocycles. The lowest BCUT2D eigenvalue weighted by Crippen LogP contribution is -2.30. The number of ether oxygens (including phenoxy) is 1. The van der Waals surface area contributed by atoms with Crippen LogP contribution in [-0.2, 0) is 11.3 Å². The van der Waals surface area contributed by atoms with Crippen molar-refractivity contribution in [3.05, 3.63) is 93.2 Å². The van der Waals surface area contributed by atoms with Crippen LogP contribution in [0.15, 0.2) is 71.6 Å². The van der Waals surface area contributed by atoms with Crippen LogP contribution in [0.1, 0.15) is 53.1 Å². The topological polar surface area (TPSA) is 61.9 Å². The summed E-state index contributed by atoms with van der Waals surface area (Å²) >= 11 is 1.80.